The molecule has 0 amide bonds. The average Bonchev–Trinajstić information content (AvgIpc) is 2.91. The van der Waals surface area contributed by atoms with Crippen LogP contribution < -0.4 is 0 Å². The van der Waals surface area contributed by atoms with E-state index in [1.54, 1.807) is 0 Å². The third kappa shape index (κ3) is 1.29. The van der Waals surface area contributed by atoms with E-state index in [4.69, 9.17) is 0 Å². The quantitative estimate of drug-likeness (QED) is 0.642. The van der Waals surface area contributed by atoms with Crippen LogP contribution in [0.25, 0.3) is 0 Å². The summed E-state index contributed by atoms with van der Waals surface area (Å²) in [5.74, 6) is 0.894. The van der Waals surface area contributed by atoms with Gasteiger partial charge >= 0.3 is 0 Å². The van der Waals surface area contributed by atoms with Crippen LogP contribution in [0.4, 0.5) is 0 Å². The first-order valence-electron chi connectivity index (χ1n) is 6.25. The van der Waals surface area contributed by atoms with Gasteiger partial charge in [0.1, 0.15) is 6.29 Å². The van der Waals surface area contributed by atoms with Gasteiger partial charge in [0.05, 0.1) is 12.1 Å². The molecular weight excluding hydrogens is 204 g/mol. The average molecular weight is 222 g/mol. The fourth-order valence-corrected chi connectivity index (χ4v) is 3.63. The molecule has 1 aliphatic carbocycles. The van der Waals surface area contributed by atoms with Crippen LogP contribution in [0.15, 0.2) is 0 Å². The minimum Gasteiger partial charge on any atom is -0.302 e. The monoisotopic (exact) mass is 222 g/mol. The van der Waals surface area contributed by atoms with Crippen LogP contribution in [0.1, 0.15) is 32.6 Å². The first-order chi connectivity index (χ1) is 7.72. The van der Waals surface area contributed by atoms with Crippen LogP contribution in [0, 0.1) is 5.92 Å². The van der Waals surface area contributed by atoms with Gasteiger partial charge < -0.3 is 4.79 Å². The second kappa shape index (κ2) is 3.64. The van der Waals surface area contributed by atoms with Crippen molar-refractivity contribution >= 4 is 12.1 Å². The van der Waals surface area contributed by atoms with E-state index in [1.165, 1.54) is 0 Å². The summed E-state index contributed by atoms with van der Waals surface area (Å²) in [7, 11) is 0. The first-order valence-corrected chi connectivity index (χ1v) is 6.25. The number of carbonyl (C=O) groups excluding carboxylic acids is 2. The zero-order chi connectivity index (χ0) is 11.3. The van der Waals surface area contributed by atoms with Gasteiger partial charge in [0.15, 0.2) is 5.78 Å². The molecule has 4 atom stereocenters. The van der Waals surface area contributed by atoms with Gasteiger partial charge in [-0.25, -0.2) is 10.0 Å². The van der Waals surface area contributed by atoms with Gasteiger partial charge in [0.25, 0.3) is 0 Å². The highest BCUT2D eigenvalue weighted by Crippen LogP contribution is 2.42. The van der Waals surface area contributed by atoms with Crippen LogP contribution in [-0.2, 0) is 9.59 Å². The van der Waals surface area contributed by atoms with Crippen molar-refractivity contribution < 1.29 is 9.59 Å². The molecule has 3 unspecified atom stereocenters. The molecule has 3 fully saturated rings. The van der Waals surface area contributed by atoms with Crippen molar-refractivity contribution in [3.63, 3.8) is 0 Å². The minimum absolute atomic E-state index is 0.00889. The van der Waals surface area contributed by atoms with Crippen LogP contribution in [-0.4, -0.2) is 46.8 Å². The number of nitrogens with zero attached hydrogens (tertiary/aromatic N) is 2. The lowest BCUT2D eigenvalue weighted by molar-refractivity contribution is -0.144. The van der Waals surface area contributed by atoms with Gasteiger partial charge in [-0.3, -0.25) is 4.79 Å². The SMILES string of the molecule is CC1C2CC(=O)C(C2)N1N1CCC[C@H]1C=O. The van der Waals surface area contributed by atoms with Crippen molar-refractivity contribution in [1.82, 2.24) is 10.0 Å². The van der Waals surface area contributed by atoms with Gasteiger partial charge in [-0.1, -0.05) is 0 Å². The summed E-state index contributed by atoms with van der Waals surface area (Å²) in [4.78, 5) is 22.8. The molecule has 0 spiro atoms. The van der Waals surface area contributed by atoms with E-state index in [1.807, 2.05) is 0 Å². The molecule has 88 valence electrons. The molecule has 0 N–H and O–H groups in total. The normalized spacial score (nSPS) is 44.4. The maximum atomic E-state index is 11.8. The molecule has 2 bridgehead atoms. The van der Waals surface area contributed by atoms with Crippen molar-refractivity contribution in [2.75, 3.05) is 6.54 Å². The number of aldehydes is 1. The van der Waals surface area contributed by atoms with Crippen LogP contribution >= 0.6 is 0 Å². The summed E-state index contributed by atoms with van der Waals surface area (Å²) in [6, 6.07) is 0.512. The molecule has 3 aliphatic rings. The number of piperidine rings is 1. The van der Waals surface area contributed by atoms with Crippen molar-refractivity contribution in [1.29, 1.82) is 0 Å². The van der Waals surface area contributed by atoms with Crippen LogP contribution in [0.5, 0.6) is 0 Å². The maximum absolute atomic E-state index is 11.8. The van der Waals surface area contributed by atoms with E-state index in [0.29, 0.717) is 17.7 Å². The van der Waals surface area contributed by atoms with Crippen molar-refractivity contribution in [2.24, 2.45) is 5.92 Å². The molecule has 1 saturated carbocycles. The Hall–Kier alpha value is -0.740. The van der Waals surface area contributed by atoms with E-state index in [-0.39, 0.29) is 12.1 Å². The second-order valence-electron chi connectivity index (χ2n) is 5.31. The number of fused-ring (bicyclic) bond motifs is 2. The molecule has 0 radical (unpaired) electrons. The maximum Gasteiger partial charge on any atom is 0.151 e. The molecular formula is C12H18N2O2. The second-order valence-corrected chi connectivity index (χ2v) is 5.31. The van der Waals surface area contributed by atoms with Gasteiger partial charge in [0.2, 0.25) is 0 Å². The van der Waals surface area contributed by atoms with E-state index >= 15 is 0 Å². The Labute approximate surface area is 95.5 Å². The molecule has 0 aromatic heterocycles. The summed E-state index contributed by atoms with van der Waals surface area (Å²) >= 11 is 0. The highest BCUT2D eigenvalue weighted by molar-refractivity contribution is 5.87. The lowest BCUT2D eigenvalue weighted by Gasteiger charge is -2.40. The Morgan fingerprint density at radius 3 is 2.94 bits per heavy atom. The largest absolute Gasteiger partial charge is 0.302 e. The van der Waals surface area contributed by atoms with Crippen molar-refractivity contribution in [2.45, 2.75) is 50.7 Å². The number of ketones is 1. The molecule has 2 saturated heterocycles. The fraction of sp³-hybridized carbons (Fsp3) is 0.833. The Morgan fingerprint density at radius 2 is 2.25 bits per heavy atom. The van der Waals surface area contributed by atoms with Crippen molar-refractivity contribution in [3.05, 3.63) is 0 Å². The Kier molecular flexibility index (Phi) is 2.37. The Balaban J connectivity index is 1.84. The third-order valence-electron chi connectivity index (χ3n) is 4.50. The van der Waals surface area contributed by atoms with E-state index in [9.17, 15) is 9.59 Å². The number of hydrogen-bond donors (Lipinski definition) is 0. The Morgan fingerprint density at radius 1 is 1.44 bits per heavy atom. The zero-order valence-corrected chi connectivity index (χ0v) is 9.63. The highest BCUT2D eigenvalue weighted by Gasteiger charge is 2.52. The number of hydrazine groups is 1. The summed E-state index contributed by atoms with van der Waals surface area (Å²) in [5, 5.41) is 4.36. The topological polar surface area (TPSA) is 40.6 Å². The molecule has 2 aliphatic heterocycles. The van der Waals surface area contributed by atoms with Gasteiger partial charge in [-0.2, -0.15) is 0 Å². The number of Topliss-reactive ketones (excluding diaryl/α,β-unsaturated/α-hetero) is 1. The molecule has 4 heteroatoms. The predicted molar refractivity (Wildman–Crippen MR) is 58.6 cm³/mol. The summed E-state index contributed by atoms with van der Waals surface area (Å²) < 4.78 is 0. The van der Waals surface area contributed by atoms with Gasteiger partial charge in [-0.15, -0.1) is 0 Å². The zero-order valence-electron chi connectivity index (χ0n) is 9.63. The number of hydrogen-bond acceptors (Lipinski definition) is 4. The van der Waals surface area contributed by atoms with Crippen LogP contribution in [0.2, 0.25) is 0 Å². The van der Waals surface area contributed by atoms with Crippen LogP contribution in [0.3, 0.4) is 0 Å². The summed E-state index contributed by atoms with van der Waals surface area (Å²) in [5.41, 5.74) is 0. The molecule has 16 heavy (non-hydrogen) atoms. The first kappa shape index (κ1) is 10.4. The lowest BCUT2D eigenvalue weighted by atomic mass is 10.0. The van der Waals surface area contributed by atoms with E-state index < -0.39 is 0 Å². The molecule has 0 aromatic carbocycles. The van der Waals surface area contributed by atoms with Gasteiger partial charge in [-0.05, 0) is 32.1 Å². The van der Waals surface area contributed by atoms with Crippen molar-refractivity contribution in [3.8, 4) is 0 Å². The molecule has 3 rings (SSSR count). The van der Waals surface area contributed by atoms with E-state index in [0.717, 1.165) is 38.5 Å². The molecule has 2 heterocycles. The third-order valence-corrected chi connectivity index (χ3v) is 4.50. The molecule has 0 aromatic rings. The van der Waals surface area contributed by atoms with E-state index in [2.05, 4.69) is 16.9 Å². The number of carbonyl (C=O) groups is 2. The Bertz CT molecular complexity index is 331. The highest BCUT2D eigenvalue weighted by atomic mass is 16.1. The predicted octanol–water partition coefficient (Wildman–Crippen LogP) is 0.617. The number of rotatable bonds is 2. The smallest absolute Gasteiger partial charge is 0.151 e. The minimum atomic E-state index is 0.00889. The lowest BCUT2D eigenvalue weighted by Crippen LogP contribution is -2.56. The standard InChI is InChI=1S/C12H18N2O2/c1-8-9-5-11(12(16)6-9)14(8)13-4-2-3-10(13)7-15/h7-11H,2-6H2,1H3/t8?,9?,10-,11?/m0/s1. The summed E-state index contributed by atoms with van der Waals surface area (Å²) in [6.45, 7) is 3.13. The fourth-order valence-electron chi connectivity index (χ4n) is 3.63. The van der Waals surface area contributed by atoms with Gasteiger partial charge in [0, 0.05) is 19.0 Å². The molecule has 4 nitrogen and oxygen atoms in total. The summed E-state index contributed by atoms with van der Waals surface area (Å²) in [6.07, 6.45) is 4.80.